The number of rotatable bonds is 69. The first kappa shape index (κ1) is 93.2. The molecule has 0 heterocycles. The Morgan fingerprint density at radius 3 is 0.837 bits per heavy atom. The molecule has 0 saturated carbocycles. The lowest BCUT2D eigenvalue weighted by molar-refractivity contribution is -0.161. The van der Waals surface area contributed by atoms with Crippen LogP contribution in [0.5, 0.6) is 0 Å². The third kappa shape index (κ3) is 69.7. The van der Waals surface area contributed by atoms with E-state index in [0.29, 0.717) is 32.1 Å². The van der Waals surface area contributed by atoms with E-state index >= 15 is 0 Å². The van der Waals surface area contributed by atoms with Gasteiger partial charge in [-0.1, -0.05) is 258 Å². The maximum absolute atomic E-state index is 13.1. The number of hydrogen-bond donors (Lipinski definition) is 3. The van der Waals surface area contributed by atoms with Gasteiger partial charge in [0.2, 0.25) is 0 Å². The molecule has 19 heteroatoms. The van der Waals surface area contributed by atoms with Crippen molar-refractivity contribution in [1.29, 1.82) is 0 Å². The zero-order valence-corrected chi connectivity index (χ0v) is 62.7. The minimum atomic E-state index is -5.00. The van der Waals surface area contributed by atoms with Crippen LogP contribution < -0.4 is 0 Å². The Morgan fingerprint density at radius 2 is 0.531 bits per heavy atom. The molecule has 0 spiro atoms. The molecule has 0 aromatic carbocycles. The minimum Gasteiger partial charge on any atom is -0.462 e. The van der Waals surface area contributed by atoms with Crippen LogP contribution in [-0.2, 0) is 65.4 Å². The fourth-order valence-corrected chi connectivity index (χ4v) is 11.1. The molecule has 5 unspecified atom stereocenters. The second-order valence-electron chi connectivity index (χ2n) is 24.5. The Bertz CT molecular complexity index is 2380. The number of aliphatic hydroxyl groups excluding tert-OH is 1. The van der Waals surface area contributed by atoms with Gasteiger partial charge in [0.1, 0.15) is 19.3 Å². The highest BCUT2D eigenvalue weighted by molar-refractivity contribution is 7.47. The smallest absolute Gasteiger partial charge is 0.462 e. The molecule has 0 rings (SSSR count). The van der Waals surface area contributed by atoms with E-state index in [-0.39, 0.29) is 25.7 Å². The highest BCUT2D eigenvalue weighted by Crippen LogP contribution is 2.45. The van der Waals surface area contributed by atoms with Crippen LogP contribution in [0.2, 0.25) is 0 Å². The standard InChI is InChI=1S/C79H132O17P2/c1-5-9-13-17-21-25-29-32-35-36-39-41-45-48-52-56-60-64-77(82)89-69-74(95-78(83)65-61-57-53-49-43-28-24-20-16-12-8-4)71-93-97(85,86)91-67-73(80)68-92-98(87,88)94-72-75(96-79(84)66-62-58-54-50-46-42-38-34-31-27-23-19-15-11-7-3)70-90-76(81)63-59-55-51-47-44-40-37-33-30-26-22-18-14-10-6-2/h9-11,13-15,21-23,25-27,32-35,37-38,44,46-47,50,73-75,80H,5-8,12,16-20,24,28-31,36,39-43,45,48-49,51-72H2,1-4H3,(H,85,86)(H,87,88)/b13-9-,14-10-,15-11-,25-21-,26-22-,27-23-,35-32-,37-33-,38-34-,47-44-,50-46-. The summed E-state index contributed by atoms with van der Waals surface area (Å²) in [6.07, 6.45) is 77.5. The number of phosphoric ester groups is 2. The summed E-state index contributed by atoms with van der Waals surface area (Å²) < 4.78 is 68.3. The van der Waals surface area contributed by atoms with Crippen molar-refractivity contribution in [2.45, 2.75) is 303 Å². The molecule has 0 amide bonds. The fraction of sp³-hybridized carbons (Fsp3) is 0.671. The third-order valence-electron chi connectivity index (χ3n) is 15.1. The summed E-state index contributed by atoms with van der Waals surface area (Å²) >= 11 is 0. The predicted molar refractivity (Wildman–Crippen MR) is 399 cm³/mol. The molecular weight excluding hydrogens is 1280 g/mol. The molecule has 17 nitrogen and oxygen atoms in total. The Balaban J connectivity index is 5.40. The number of ether oxygens (including phenoxy) is 4. The lowest BCUT2D eigenvalue weighted by atomic mass is 10.1. The van der Waals surface area contributed by atoms with Gasteiger partial charge in [0.25, 0.3) is 0 Å². The lowest BCUT2D eigenvalue weighted by Crippen LogP contribution is -2.30. The summed E-state index contributed by atoms with van der Waals surface area (Å²) in [5, 5.41) is 10.6. The third-order valence-corrected chi connectivity index (χ3v) is 17.0. The first-order valence-electron chi connectivity index (χ1n) is 37.4. The number of esters is 4. The van der Waals surface area contributed by atoms with Gasteiger partial charge in [-0.3, -0.25) is 37.3 Å². The molecule has 560 valence electrons. The molecule has 98 heavy (non-hydrogen) atoms. The fourth-order valence-electron chi connectivity index (χ4n) is 9.51. The van der Waals surface area contributed by atoms with Crippen LogP contribution in [-0.4, -0.2) is 96.7 Å². The Kier molecular flexibility index (Phi) is 67.2. The van der Waals surface area contributed by atoms with Crippen molar-refractivity contribution < 1.29 is 80.2 Å². The van der Waals surface area contributed by atoms with Crippen LogP contribution in [0, 0.1) is 0 Å². The maximum Gasteiger partial charge on any atom is 0.472 e. The molecule has 0 aliphatic rings. The molecule has 5 atom stereocenters. The first-order chi connectivity index (χ1) is 47.7. The van der Waals surface area contributed by atoms with Crippen molar-refractivity contribution >= 4 is 39.5 Å². The molecule has 0 aromatic rings. The molecule has 0 aromatic heterocycles. The normalized spacial score (nSPS) is 14.7. The van der Waals surface area contributed by atoms with Crippen molar-refractivity contribution in [2.24, 2.45) is 0 Å². The highest BCUT2D eigenvalue weighted by Gasteiger charge is 2.30. The van der Waals surface area contributed by atoms with Gasteiger partial charge < -0.3 is 33.8 Å². The van der Waals surface area contributed by atoms with Gasteiger partial charge in [0, 0.05) is 25.7 Å². The average Bonchev–Trinajstić information content (AvgIpc) is 0.982. The summed E-state index contributed by atoms with van der Waals surface area (Å²) in [5.74, 6) is -2.28. The predicted octanol–water partition coefficient (Wildman–Crippen LogP) is 21.3. The van der Waals surface area contributed by atoms with E-state index in [0.717, 1.165) is 161 Å². The number of unbranched alkanes of at least 4 members (excludes halogenated alkanes) is 21. The number of hydrogen-bond acceptors (Lipinski definition) is 15. The lowest BCUT2D eigenvalue weighted by Gasteiger charge is -2.21. The van der Waals surface area contributed by atoms with Gasteiger partial charge in [-0.25, -0.2) is 9.13 Å². The summed E-state index contributed by atoms with van der Waals surface area (Å²) in [4.78, 5) is 72.8. The van der Waals surface area contributed by atoms with Gasteiger partial charge in [0.15, 0.2) is 12.2 Å². The van der Waals surface area contributed by atoms with E-state index in [4.69, 9.17) is 37.0 Å². The van der Waals surface area contributed by atoms with E-state index in [1.54, 1.807) is 0 Å². The highest BCUT2D eigenvalue weighted by atomic mass is 31.2. The Labute approximate surface area is 593 Å². The summed E-state index contributed by atoms with van der Waals surface area (Å²) in [6.45, 7) is 4.41. The largest absolute Gasteiger partial charge is 0.472 e. The van der Waals surface area contributed by atoms with Crippen LogP contribution in [0.3, 0.4) is 0 Å². The molecule has 0 radical (unpaired) electrons. The Morgan fingerprint density at radius 1 is 0.296 bits per heavy atom. The van der Waals surface area contributed by atoms with E-state index in [1.807, 2.05) is 0 Å². The number of carbonyl (C=O) groups excluding carboxylic acids is 4. The molecule has 0 aliphatic heterocycles. The summed E-state index contributed by atoms with van der Waals surface area (Å²) in [7, 11) is -9.98. The van der Waals surface area contributed by atoms with Crippen LogP contribution in [0.25, 0.3) is 0 Å². The van der Waals surface area contributed by atoms with E-state index < -0.39 is 97.5 Å². The molecule has 0 bridgehead atoms. The van der Waals surface area contributed by atoms with Gasteiger partial charge in [-0.05, 0) is 135 Å². The van der Waals surface area contributed by atoms with Gasteiger partial charge in [-0.2, -0.15) is 0 Å². The zero-order chi connectivity index (χ0) is 71.8. The second-order valence-corrected chi connectivity index (χ2v) is 27.4. The molecule has 0 fully saturated rings. The quantitative estimate of drug-likeness (QED) is 0.0169. The van der Waals surface area contributed by atoms with Crippen molar-refractivity contribution in [2.75, 3.05) is 39.6 Å². The second kappa shape index (κ2) is 70.6. The molecular formula is C79H132O17P2. The van der Waals surface area contributed by atoms with Gasteiger partial charge >= 0.3 is 39.5 Å². The topological polar surface area (TPSA) is 237 Å². The van der Waals surface area contributed by atoms with E-state index in [1.165, 1.54) is 38.5 Å². The van der Waals surface area contributed by atoms with Crippen molar-refractivity contribution in [1.82, 2.24) is 0 Å². The maximum atomic E-state index is 13.1. The van der Waals surface area contributed by atoms with E-state index in [2.05, 4.69) is 161 Å². The number of aliphatic hydroxyl groups is 1. The van der Waals surface area contributed by atoms with Crippen LogP contribution in [0.15, 0.2) is 134 Å². The summed E-state index contributed by atoms with van der Waals surface area (Å²) in [5.41, 5.74) is 0. The van der Waals surface area contributed by atoms with Gasteiger partial charge in [-0.15, -0.1) is 0 Å². The molecule has 3 N–H and O–H groups in total. The monoisotopic (exact) mass is 1410 g/mol. The zero-order valence-electron chi connectivity index (χ0n) is 60.9. The van der Waals surface area contributed by atoms with Crippen molar-refractivity contribution in [3.05, 3.63) is 134 Å². The molecule has 0 saturated heterocycles. The van der Waals surface area contributed by atoms with E-state index in [9.17, 15) is 43.2 Å². The van der Waals surface area contributed by atoms with Crippen molar-refractivity contribution in [3.63, 3.8) is 0 Å². The number of allylic oxidation sites excluding steroid dienone is 22. The first-order valence-corrected chi connectivity index (χ1v) is 40.4. The van der Waals surface area contributed by atoms with Crippen molar-refractivity contribution in [3.8, 4) is 0 Å². The van der Waals surface area contributed by atoms with Crippen LogP contribution in [0.1, 0.15) is 285 Å². The minimum absolute atomic E-state index is 0.0304. The SMILES string of the molecule is CC/C=C\C/C=C\C/C=C\C/C=C\CCCCC(=O)OCC(COP(=O)(O)OCC(O)COP(=O)(O)OCC(COC(=O)CCCCCCCCC/C=C\C/C=C\C/C=C\CC)OC(=O)CCCCCCCCCCCCC)OC(=O)CCCC/C=C\C/C=C\C/C=C\C/C=C\CC. The molecule has 0 aliphatic carbocycles. The number of phosphoric acid groups is 2. The van der Waals surface area contributed by atoms with Crippen LogP contribution in [0.4, 0.5) is 0 Å². The number of carbonyl (C=O) groups is 4. The van der Waals surface area contributed by atoms with Crippen LogP contribution >= 0.6 is 15.6 Å². The summed E-state index contributed by atoms with van der Waals surface area (Å²) in [6, 6.07) is 0. The Hall–Kier alpha value is -4.80. The van der Waals surface area contributed by atoms with Gasteiger partial charge in [0.05, 0.1) is 26.4 Å². The average molecular weight is 1420 g/mol.